The highest BCUT2D eigenvalue weighted by Gasteiger charge is 2.06. The molecule has 132 valence electrons. The molecule has 0 saturated heterocycles. The standard InChI is InChI=1S/C22H39N/c1-4-6-8-9-10-11-12-13-14-20-23(3)22-18-16-21(17-19-22)15-7-5-2/h16-19H,4-15,20H2,1-3H3/p+1. The van der Waals surface area contributed by atoms with Gasteiger partial charge in [-0.25, -0.2) is 0 Å². The largest absolute Gasteiger partial charge is 0.305 e. The zero-order valence-corrected chi connectivity index (χ0v) is 16.0. The van der Waals surface area contributed by atoms with Crippen molar-refractivity contribution in [2.45, 2.75) is 90.9 Å². The minimum Gasteiger partial charge on any atom is -0.305 e. The van der Waals surface area contributed by atoms with E-state index in [-0.39, 0.29) is 0 Å². The van der Waals surface area contributed by atoms with E-state index in [0.29, 0.717) is 0 Å². The quantitative estimate of drug-likeness (QED) is 0.419. The van der Waals surface area contributed by atoms with Gasteiger partial charge in [0.05, 0.1) is 13.6 Å². The molecule has 1 nitrogen and oxygen atoms in total. The molecule has 0 aliphatic carbocycles. The predicted octanol–water partition coefficient (Wildman–Crippen LogP) is 5.71. The fraction of sp³-hybridized carbons (Fsp3) is 0.727. The molecule has 0 saturated carbocycles. The molecular formula is C22H40N+. The van der Waals surface area contributed by atoms with Crippen molar-refractivity contribution in [2.24, 2.45) is 0 Å². The monoisotopic (exact) mass is 318 g/mol. The molecule has 0 radical (unpaired) electrons. The third-order valence-electron chi connectivity index (χ3n) is 4.92. The Morgan fingerprint density at radius 3 is 1.74 bits per heavy atom. The van der Waals surface area contributed by atoms with E-state index in [1.165, 1.54) is 94.8 Å². The fourth-order valence-electron chi connectivity index (χ4n) is 3.18. The van der Waals surface area contributed by atoms with E-state index in [0.717, 1.165) is 0 Å². The maximum absolute atomic E-state index is 2.33. The number of unbranched alkanes of at least 4 members (excludes halogenated alkanes) is 9. The van der Waals surface area contributed by atoms with Crippen LogP contribution in [0.25, 0.3) is 0 Å². The Kier molecular flexibility index (Phi) is 12.0. The van der Waals surface area contributed by atoms with Crippen LogP contribution in [0, 0.1) is 0 Å². The summed E-state index contributed by atoms with van der Waals surface area (Å²) in [5.74, 6) is 0. The van der Waals surface area contributed by atoms with Crippen LogP contribution in [0.15, 0.2) is 24.3 Å². The minimum atomic E-state index is 1.23. The second-order valence-electron chi connectivity index (χ2n) is 7.16. The Bertz CT molecular complexity index is 368. The van der Waals surface area contributed by atoms with Crippen LogP contribution in [0.4, 0.5) is 5.69 Å². The van der Waals surface area contributed by atoms with Crippen LogP contribution in [-0.2, 0) is 6.42 Å². The molecule has 1 N–H and O–H groups in total. The molecule has 0 aromatic heterocycles. The van der Waals surface area contributed by atoms with Gasteiger partial charge in [-0.3, -0.25) is 0 Å². The van der Waals surface area contributed by atoms with Gasteiger partial charge < -0.3 is 4.90 Å². The van der Waals surface area contributed by atoms with Crippen molar-refractivity contribution < 1.29 is 4.90 Å². The summed E-state index contributed by atoms with van der Waals surface area (Å²) in [6.45, 7) is 5.82. The molecule has 1 aromatic carbocycles. The van der Waals surface area contributed by atoms with Gasteiger partial charge in [-0.1, -0.05) is 77.3 Å². The highest BCUT2D eigenvalue weighted by molar-refractivity contribution is 5.32. The van der Waals surface area contributed by atoms with Crippen LogP contribution < -0.4 is 4.90 Å². The van der Waals surface area contributed by atoms with Crippen LogP contribution in [-0.4, -0.2) is 13.6 Å². The fourth-order valence-corrected chi connectivity index (χ4v) is 3.18. The Labute approximate surface area is 145 Å². The lowest BCUT2D eigenvalue weighted by Gasteiger charge is -2.14. The van der Waals surface area contributed by atoms with Gasteiger partial charge in [-0.2, -0.15) is 0 Å². The van der Waals surface area contributed by atoms with Gasteiger partial charge in [0.1, 0.15) is 5.69 Å². The van der Waals surface area contributed by atoms with Crippen molar-refractivity contribution in [1.29, 1.82) is 0 Å². The lowest BCUT2D eigenvalue weighted by molar-refractivity contribution is -0.810. The minimum absolute atomic E-state index is 1.23. The Balaban J connectivity index is 2.08. The third-order valence-corrected chi connectivity index (χ3v) is 4.92. The maximum Gasteiger partial charge on any atom is 0.130 e. The molecule has 1 aromatic rings. The molecular weight excluding hydrogens is 278 g/mol. The summed E-state index contributed by atoms with van der Waals surface area (Å²) in [7, 11) is 2.31. The number of nitrogens with one attached hydrogen (secondary N) is 1. The van der Waals surface area contributed by atoms with E-state index in [2.05, 4.69) is 45.2 Å². The smallest absolute Gasteiger partial charge is 0.130 e. The van der Waals surface area contributed by atoms with Crippen LogP contribution in [0.1, 0.15) is 90.0 Å². The number of aryl methyl sites for hydroxylation is 1. The lowest BCUT2D eigenvalue weighted by atomic mass is 10.1. The molecule has 0 amide bonds. The van der Waals surface area contributed by atoms with E-state index in [1.807, 2.05) is 0 Å². The Hall–Kier alpha value is -0.820. The Morgan fingerprint density at radius 2 is 1.17 bits per heavy atom. The number of hydrogen-bond donors (Lipinski definition) is 1. The summed E-state index contributed by atoms with van der Waals surface area (Å²) < 4.78 is 0. The molecule has 0 aliphatic rings. The molecule has 1 heteroatoms. The average molecular weight is 319 g/mol. The van der Waals surface area contributed by atoms with Crippen LogP contribution >= 0.6 is 0 Å². The van der Waals surface area contributed by atoms with E-state index < -0.39 is 0 Å². The van der Waals surface area contributed by atoms with Crippen LogP contribution in [0.2, 0.25) is 0 Å². The van der Waals surface area contributed by atoms with Crippen molar-refractivity contribution in [3.05, 3.63) is 29.8 Å². The normalized spacial score (nSPS) is 12.5. The van der Waals surface area contributed by atoms with Gasteiger partial charge in [0.2, 0.25) is 0 Å². The number of benzene rings is 1. The van der Waals surface area contributed by atoms with E-state index in [9.17, 15) is 0 Å². The van der Waals surface area contributed by atoms with Gasteiger partial charge in [0, 0.05) is 0 Å². The van der Waals surface area contributed by atoms with Gasteiger partial charge in [-0.15, -0.1) is 0 Å². The topological polar surface area (TPSA) is 4.44 Å². The predicted molar refractivity (Wildman–Crippen MR) is 104 cm³/mol. The third kappa shape index (κ3) is 9.81. The number of rotatable bonds is 14. The summed E-state index contributed by atoms with van der Waals surface area (Å²) in [6, 6.07) is 9.30. The average Bonchev–Trinajstić information content (AvgIpc) is 2.58. The summed E-state index contributed by atoms with van der Waals surface area (Å²) in [4.78, 5) is 1.56. The van der Waals surface area contributed by atoms with Gasteiger partial charge in [-0.05, 0) is 43.4 Å². The first kappa shape index (κ1) is 20.2. The van der Waals surface area contributed by atoms with Crippen LogP contribution in [0.5, 0.6) is 0 Å². The highest BCUT2D eigenvalue weighted by Crippen LogP contribution is 2.10. The highest BCUT2D eigenvalue weighted by atomic mass is 15.1. The molecule has 0 bridgehead atoms. The molecule has 0 fully saturated rings. The van der Waals surface area contributed by atoms with Crippen molar-refractivity contribution in [3.63, 3.8) is 0 Å². The molecule has 1 atom stereocenters. The zero-order chi connectivity index (χ0) is 16.8. The Morgan fingerprint density at radius 1 is 0.652 bits per heavy atom. The second kappa shape index (κ2) is 13.6. The SMILES string of the molecule is CCCCCCCCCCC[NH+](C)c1ccc(CCCC)cc1. The van der Waals surface area contributed by atoms with E-state index >= 15 is 0 Å². The second-order valence-corrected chi connectivity index (χ2v) is 7.16. The summed E-state index contributed by atoms with van der Waals surface area (Å²) in [5, 5.41) is 0. The number of hydrogen-bond acceptors (Lipinski definition) is 0. The maximum atomic E-state index is 2.33. The van der Waals surface area contributed by atoms with E-state index in [1.54, 1.807) is 4.90 Å². The lowest BCUT2D eigenvalue weighted by Crippen LogP contribution is -3.03. The molecule has 1 unspecified atom stereocenters. The molecule has 0 aliphatic heterocycles. The first-order valence-electron chi connectivity index (χ1n) is 10.2. The van der Waals surface area contributed by atoms with Gasteiger partial charge >= 0.3 is 0 Å². The van der Waals surface area contributed by atoms with E-state index in [4.69, 9.17) is 0 Å². The summed E-state index contributed by atoms with van der Waals surface area (Å²) in [5.41, 5.74) is 2.94. The molecule has 23 heavy (non-hydrogen) atoms. The van der Waals surface area contributed by atoms with Crippen molar-refractivity contribution in [1.82, 2.24) is 0 Å². The summed E-state index contributed by atoms with van der Waals surface area (Å²) in [6.07, 6.45) is 16.6. The molecule has 1 rings (SSSR count). The first-order valence-corrected chi connectivity index (χ1v) is 10.2. The van der Waals surface area contributed by atoms with Crippen molar-refractivity contribution in [3.8, 4) is 0 Å². The number of quaternary nitrogens is 1. The van der Waals surface area contributed by atoms with Crippen molar-refractivity contribution >= 4 is 5.69 Å². The van der Waals surface area contributed by atoms with Gasteiger partial charge in [0.15, 0.2) is 0 Å². The van der Waals surface area contributed by atoms with Crippen molar-refractivity contribution in [2.75, 3.05) is 13.6 Å². The van der Waals surface area contributed by atoms with Gasteiger partial charge in [0.25, 0.3) is 0 Å². The molecule has 0 heterocycles. The molecule has 0 spiro atoms. The first-order chi connectivity index (χ1) is 11.3. The zero-order valence-electron chi connectivity index (χ0n) is 16.0. The summed E-state index contributed by atoms with van der Waals surface area (Å²) >= 11 is 0. The van der Waals surface area contributed by atoms with Crippen LogP contribution in [0.3, 0.4) is 0 Å².